The van der Waals surface area contributed by atoms with Crippen LogP contribution in [0.3, 0.4) is 0 Å². The van der Waals surface area contributed by atoms with Crippen molar-refractivity contribution in [1.82, 2.24) is 0 Å². The van der Waals surface area contributed by atoms with Crippen LogP contribution in [-0.2, 0) is 65.4 Å². The maximum absolute atomic E-state index is 13.0. The van der Waals surface area contributed by atoms with Crippen LogP contribution in [0.4, 0.5) is 0 Å². The highest BCUT2D eigenvalue weighted by Crippen LogP contribution is 2.45. The minimum Gasteiger partial charge on any atom is -0.462 e. The quantitative estimate of drug-likeness (QED) is 0.0222. The van der Waals surface area contributed by atoms with Crippen molar-refractivity contribution >= 4 is 39.5 Å². The number of unbranched alkanes of at least 4 members (excludes halogenated alkanes) is 34. The Bertz CT molecular complexity index is 1820. The first-order valence-electron chi connectivity index (χ1n) is 37.8. The molecule has 7 atom stereocenters. The number of esters is 4. The minimum atomic E-state index is -4.95. The van der Waals surface area contributed by atoms with E-state index in [1.807, 2.05) is 0 Å². The first-order chi connectivity index (χ1) is 44.2. The Morgan fingerprint density at radius 2 is 0.522 bits per heavy atom. The van der Waals surface area contributed by atoms with Crippen LogP contribution in [-0.4, -0.2) is 96.7 Å². The van der Waals surface area contributed by atoms with Crippen molar-refractivity contribution in [3.8, 4) is 0 Å². The molecule has 0 spiro atoms. The lowest BCUT2D eigenvalue weighted by molar-refractivity contribution is -0.161. The largest absolute Gasteiger partial charge is 0.472 e. The van der Waals surface area contributed by atoms with Gasteiger partial charge in [-0.25, -0.2) is 9.13 Å². The van der Waals surface area contributed by atoms with Gasteiger partial charge in [0.15, 0.2) is 12.2 Å². The van der Waals surface area contributed by atoms with Crippen LogP contribution in [0, 0.1) is 23.7 Å². The van der Waals surface area contributed by atoms with Gasteiger partial charge in [-0.2, -0.15) is 0 Å². The number of rotatable bonds is 70. The summed E-state index contributed by atoms with van der Waals surface area (Å²) >= 11 is 0. The average molecular weight is 1350 g/mol. The molecular formula is C73H142O17P2. The van der Waals surface area contributed by atoms with E-state index in [1.165, 1.54) is 161 Å². The molecule has 0 aliphatic rings. The summed E-state index contributed by atoms with van der Waals surface area (Å²) in [7, 11) is -9.91. The van der Waals surface area contributed by atoms with Crippen LogP contribution in [0.1, 0.15) is 364 Å². The average Bonchev–Trinajstić information content (AvgIpc) is 3.47. The molecule has 0 fully saturated rings. The number of hydrogen-bond donors (Lipinski definition) is 3. The fraction of sp³-hybridized carbons (Fsp3) is 0.945. The first-order valence-corrected chi connectivity index (χ1v) is 40.8. The summed E-state index contributed by atoms with van der Waals surface area (Å²) in [5, 5.41) is 10.6. The van der Waals surface area contributed by atoms with Crippen molar-refractivity contribution in [1.29, 1.82) is 0 Å². The van der Waals surface area contributed by atoms with E-state index in [-0.39, 0.29) is 25.7 Å². The number of phosphoric acid groups is 2. The van der Waals surface area contributed by atoms with Crippen molar-refractivity contribution in [2.75, 3.05) is 39.6 Å². The zero-order valence-electron chi connectivity index (χ0n) is 60.2. The van der Waals surface area contributed by atoms with E-state index in [0.29, 0.717) is 31.6 Å². The second-order valence-electron chi connectivity index (χ2n) is 27.8. The van der Waals surface area contributed by atoms with Crippen LogP contribution >= 0.6 is 15.6 Å². The number of ether oxygens (including phenoxy) is 4. The van der Waals surface area contributed by atoms with E-state index in [0.717, 1.165) is 114 Å². The third-order valence-electron chi connectivity index (χ3n) is 17.5. The van der Waals surface area contributed by atoms with Gasteiger partial charge in [-0.3, -0.25) is 37.3 Å². The standard InChI is InChI=1S/C73H142O17P2/c1-9-65(7)51-43-35-26-21-23-28-37-45-53-70(75)83-59-68(90-73(78)56-48-40-30-24-22-27-36-44-52-66(8)10-2)61-87-91(79,80)85-57-67(74)58-86-92(81,82)88-62-69(60-84-71(76)54-46-38-32-31-34-42-50-64(5)6)89-72(77)55-47-39-29-20-18-16-14-12-11-13-15-17-19-25-33-41-49-63(3)4/h63-69,74H,9-62H2,1-8H3,(H,79,80)(H,81,82)/t65?,66?,67?,68-,69-/m1/s1. The number of aliphatic hydroxyl groups is 1. The van der Waals surface area contributed by atoms with Gasteiger partial charge in [0.1, 0.15) is 19.3 Å². The fourth-order valence-corrected chi connectivity index (χ4v) is 12.5. The summed E-state index contributed by atoms with van der Waals surface area (Å²) < 4.78 is 68.4. The number of carbonyl (C=O) groups is 4. The van der Waals surface area contributed by atoms with Gasteiger partial charge in [0.2, 0.25) is 0 Å². The molecule has 0 amide bonds. The van der Waals surface area contributed by atoms with Crippen molar-refractivity contribution < 1.29 is 80.2 Å². The molecule has 546 valence electrons. The molecule has 0 aromatic heterocycles. The van der Waals surface area contributed by atoms with Gasteiger partial charge >= 0.3 is 39.5 Å². The third-order valence-corrected chi connectivity index (χ3v) is 19.4. The molecule has 0 aromatic rings. The molecule has 17 nitrogen and oxygen atoms in total. The molecule has 0 aliphatic carbocycles. The minimum absolute atomic E-state index is 0.104. The summed E-state index contributed by atoms with van der Waals surface area (Å²) in [4.78, 5) is 72.6. The van der Waals surface area contributed by atoms with Crippen molar-refractivity contribution in [2.45, 2.75) is 382 Å². The number of hydrogen-bond acceptors (Lipinski definition) is 15. The van der Waals surface area contributed by atoms with E-state index in [9.17, 15) is 43.2 Å². The van der Waals surface area contributed by atoms with Crippen LogP contribution in [0.2, 0.25) is 0 Å². The van der Waals surface area contributed by atoms with E-state index in [2.05, 4.69) is 55.4 Å². The molecular weight excluding hydrogens is 1210 g/mol. The van der Waals surface area contributed by atoms with Crippen LogP contribution in [0.15, 0.2) is 0 Å². The molecule has 0 aliphatic heterocycles. The van der Waals surface area contributed by atoms with Gasteiger partial charge in [-0.1, -0.05) is 312 Å². The summed E-state index contributed by atoms with van der Waals surface area (Å²) in [6.45, 7) is 14.1. The summed E-state index contributed by atoms with van der Waals surface area (Å²) in [6.07, 6.45) is 45.9. The third kappa shape index (κ3) is 64.1. The lowest BCUT2D eigenvalue weighted by Gasteiger charge is -2.21. The van der Waals surface area contributed by atoms with Crippen molar-refractivity contribution in [2.24, 2.45) is 23.7 Å². The monoisotopic (exact) mass is 1350 g/mol. The molecule has 92 heavy (non-hydrogen) atoms. The summed E-state index contributed by atoms with van der Waals surface area (Å²) in [6, 6.07) is 0. The van der Waals surface area contributed by atoms with Crippen LogP contribution in [0.25, 0.3) is 0 Å². The van der Waals surface area contributed by atoms with E-state index in [4.69, 9.17) is 37.0 Å². The second-order valence-corrected chi connectivity index (χ2v) is 30.7. The molecule has 0 saturated carbocycles. The zero-order valence-corrected chi connectivity index (χ0v) is 62.0. The first kappa shape index (κ1) is 90.1. The number of aliphatic hydroxyl groups excluding tert-OH is 1. The SMILES string of the molecule is CCC(C)CCCCCCCCCCC(=O)OC[C@H](COP(=O)(O)OCC(O)COP(=O)(O)OC[C@@H](COC(=O)CCCCCCCCC(C)C)OC(=O)CCCCCCCCCCCCCCCCCCC(C)C)OC(=O)CCCCCCCCCCC(C)CC. The van der Waals surface area contributed by atoms with Gasteiger partial charge in [-0.15, -0.1) is 0 Å². The van der Waals surface area contributed by atoms with Gasteiger partial charge in [0.05, 0.1) is 26.4 Å². The van der Waals surface area contributed by atoms with Gasteiger partial charge < -0.3 is 33.8 Å². The Kier molecular flexibility index (Phi) is 61.3. The Labute approximate surface area is 562 Å². The van der Waals surface area contributed by atoms with Crippen molar-refractivity contribution in [3.63, 3.8) is 0 Å². The topological polar surface area (TPSA) is 237 Å². The van der Waals surface area contributed by atoms with Gasteiger partial charge in [0.25, 0.3) is 0 Å². The molecule has 0 heterocycles. The van der Waals surface area contributed by atoms with Gasteiger partial charge in [-0.05, 0) is 49.4 Å². The predicted octanol–water partition coefficient (Wildman–Crippen LogP) is 20.9. The molecule has 3 N–H and O–H groups in total. The fourth-order valence-electron chi connectivity index (χ4n) is 11.0. The highest BCUT2D eigenvalue weighted by Gasteiger charge is 2.30. The maximum Gasteiger partial charge on any atom is 0.472 e. The lowest BCUT2D eigenvalue weighted by atomic mass is 9.99. The van der Waals surface area contributed by atoms with Gasteiger partial charge in [0, 0.05) is 25.7 Å². The summed E-state index contributed by atoms with van der Waals surface area (Å²) in [5.74, 6) is 0.907. The number of carbonyl (C=O) groups excluding carboxylic acids is 4. The highest BCUT2D eigenvalue weighted by atomic mass is 31.2. The Morgan fingerprint density at radius 1 is 0.304 bits per heavy atom. The second kappa shape index (κ2) is 62.6. The lowest BCUT2D eigenvalue weighted by Crippen LogP contribution is -2.30. The number of phosphoric ester groups is 2. The molecule has 0 radical (unpaired) electrons. The van der Waals surface area contributed by atoms with E-state index in [1.54, 1.807) is 0 Å². The maximum atomic E-state index is 13.0. The molecule has 5 unspecified atom stereocenters. The van der Waals surface area contributed by atoms with E-state index >= 15 is 0 Å². The molecule has 0 bridgehead atoms. The molecule has 0 saturated heterocycles. The molecule has 19 heteroatoms. The normalized spacial score (nSPS) is 14.8. The Balaban J connectivity index is 5.21. The van der Waals surface area contributed by atoms with Crippen LogP contribution in [0.5, 0.6) is 0 Å². The predicted molar refractivity (Wildman–Crippen MR) is 372 cm³/mol. The highest BCUT2D eigenvalue weighted by molar-refractivity contribution is 7.47. The Morgan fingerprint density at radius 3 is 0.772 bits per heavy atom. The molecule has 0 rings (SSSR count). The summed E-state index contributed by atoms with van der Waals surface area (Å²) in [5.41, 5.74) is 0. The smallest absolute Gasteiger partial charge is 0.462 e. The van der Waals surface area contributed by atoms with E-state index < -0.39 is 97.5 Å². The molecule has 0 aromatic carbocycles. The zero-order chi connectivity index (χ0) is 68.2. The van der Waals surface area contributed by atoms with Crippen molar-refractivity contribution in [3.05, 3.63) is 0 Å². The van der Waals surface area contributed by atoms with Crippen LogP contribution < -0.4 is 0 Å². The Hall–Kier alpha value is -1.94.